The Balaban J connectivity index is 1.77. The van der Waals surface area contributed by atoms with E-state index in [1.807, 2.05) is 61.5 Å². The molecule has 2 atom stereocenters. The highest BCUT2D eigenvalue weighted by Gasteiger charge is 2.17. The second-order valence-electron chi connectivity index (χ2n) is 9.13. The lowest BCUT2D eigenvalue weighted by molar-refractivity contribution is -0.144. The second-order valence-corrected chi connectivity index (χ2v) is 9.13. The lowest BCUT2D eigenvalue weighted by Gasteiger charge is -2.18. The van der Waals surface area contributed by atoms with Crippen molar-refractivity contribution in [3.63, 3.8) is 0 Å². The van der Waals surface area contributed by atoms with E-state index in [-0.39, 0.29) is 11.9 Å². The minimum Gasteiger partial charge on any atom is -0.494 e. The van der Waals surface area contributed by atoms with Crippen LogP contribution in [0.25, 0.3) is 6.08 Å². The van der Waals surface area contributed by atoms with Crippen molar-refractivity contribution in [2.45, 2.75) is 84.8 Å². The van der Waals surface area contributed by atoms with Gasteiger partial charge in [-0.05, 0) is 54.3 Å². The van der Waals surface area contributed by atoms with Crippen molar-refractivity contribution in [1.82, 2.24) is 0 Å². The topological polar surface area (TPSA) is 47.9 Å². The van der Waals surface area contributed by atoms with E-state index in [1.165, 1.54) is 51.0 Å². The summed E-state index contributed by atoms with van der Waals surface area (Å²) in [4.78, 5) is 16.9. The van der Waals surface area contributed by atoms with Crippen molar-refractivity contribution in [3.8, 4) is 5.75 Å². The molecule has 0 aromatic heterocycles. The van der Waals surface area contributed by atoms with E-state index >= 15 is 0 Å². The van der Waals surface area contributed by atoms with Crippen molar-refractivity contribution in [3.05, 3.63) is 71.8 Å². The summed E-state index contributed by atoms with van der Waals surface area (Å²) in [7, 11) is 0. The number of carbonyl (C=O) groups is 1. The first-order valence-corrected chi connectivity index (χ1v) is 13.3. The predicted molar refractivity (Wildman–Crippen MR) is 147 cm³/mol. The Morgan fingerprint density at radius 1 is 0.857 bits per heavy atom. The molecule has 2 rings (SSSR count). The first-order chi connectivity index (χ1) is 17.1. The number of nitrogens with zero attached hydrogens (tertiary/aromatic N) is 1. The maximum Gasteiger partial charge on any atom is 0.332 e. The molecule has 0 saturated heterocycles. The molecule has 0 bridgehead atoms. The number of esters is 1. The molecule has 0 aliphatic rings. The summed E-state index contributed by atoms with van der Waals surface area (Å²) >= 11 is 0. The van der Waals surface area contributed by atoms with Gasteiger partial charge in [0.2, 0.25) is 0 Å². The normalized spacial score (nSPS) is 13.2. The summed E-state index contributed by atoms with van der Waals surface area (Å²) < 4.78 is 11.5. The molecule has 0 saturated carbocycles. The number of rotatable bonds is 17. The minimum atomic E-state index is -0.522. The Kier molecular flexibility index (Phi) is 14.2. The van der Waals surface area contributed by atoms with E-state index in [0.717, 1.165) is 36.3 Å². The van der Waals surface area contributed by atoms with Crippen molar-refractivity contribution in [2.24, 2.45) is 10.9 Å². The fraction of sp³-hybridized carbons (Fsp3) is 0.484. The third-order valence-electron chi connectivity index (χ3n) is 6.10. The van der Waals surface area contributed by atoms with Crippen LogP contribution in [0.2, 0.25) is 0 Å². The van der Waals surface area contributed by atoms with Crippen LogP contribution in [0.3, 0.4) is 0 Å². The van der Waals surface area contributed by atoms with Gasteiger partial charge < -0.3 is 9.47 Å². The SMILES string of the molecule is CCCCCCCCCCOc1ccc(C=NC(OC(=O)C=Cc2ccccc2)[C@@H](C)CC)cc1. The zero-order valence-corrected chi connectivity index (χ0v) is 21.8. The largest absolute Gasteiger partial charge is 0.494 e. The average Bonchev–Trinajstić information content (AvgIpc) is 2.89. The van der Waals surface area contributed by atoms with Crippen LogP contribution in [0.4, 0.5) is 0 Å². The molecule has 0 fully saturated rings. The first-order valence-electron chi connectivity index (χ1n) is 13.3. The molecular weight excluding hydrogens is 434 g/mol. The van der Waals surface area contributed by atoms with Gasteiger partial charge in [0.25, 0.3) is 0 Å². The smallest absolute Gasteiger partial charge is 0.332 e. The standard InChI is InChI=1S/C31H43NO3/c1-4-6-7-8-9-10-11-15-24-34-29-21-18-28(19-22-29)25-32-31(26(3)5-2)35-30(33)23-20-27-16-13-12-14-17-27/h12-14,16-23,25-26,31H,4-11,15,24H2,1-3H3/t26-,31?/m0/s1. The third-order valence-corrected chi connectivity index (χ3v) is 6.10. The van der Waals surface area contributed by atoms with Crippen LogP contribution in [-0.4, -0.2) is 25.0 Å². The summed E-state index contributed by atoms with van der Waals surface area (Å²) in [6.45, 7) is 7.12. The molecule has 1 unspecified atom stereocenters. The van der Waals surface area contributed by atoms with E-state index in [2.05, 4.69) is 18.8 Å². The molecule has 0 heterocycles. The highest BCUT2D eigenvalue weighted by Crippen LogP contribution is 2.16. The van der Waals surface area contributed by atoms with Crippen LogP contribution in [0.15, 0.2) is 65.7 Å². The number of hydrogen-bond acceptors (Lipinski definition) is 4. The Hall–Kier alpha value is -2.88. The summed E-state index contributed by atoms with van der Waals surface area (Å²) in [5.74, 6) is 0.608. The van der Waals surface area contributed by atoms with Crippen molar-refractivity contribution in [1.29, 1.82) is 0 Å². The van der Waals surface area contributed by atoms with Gasteiger partial charge in [-0.15, -0.1) is 0 Å². The maximum atomic E-state index is 12.3. The molecule has 2 aromatic rings. The zero-order valence-electron chi connectivity index (χ0n) is 21.8. The lowest BCUT2D eigenvalue weighted by atomic mass is 10.1. The molecule has 190 valence electrons. The van der Waals surface area contributed by atoms with Gasteiger partial charge >= 0.3 is 5.97 Å². The summed E-state index contributed by atoms with van der Waals surface area (Å²) in [5, 5.41) is 0. The molecule has 0 amide bonds. The Morgan fingerprint density at radius 3 is 2.17 bits per heavy atom. The second kappa shape index (κ2) is 17.5. The van der Waals surface area contributed by atoms with Gasteiger partial charge in [-0.3, -0.25) is 0 Å². The Morgan fingerprint density at radius 2 is 1.51 bits per heavy atom. The van der Waals surface area contributed by atoms with Gasteiger partial charge in [-0.1, -0.05) is 96.0 Å². The molecule has 2 aromatic carbocycles. The van der Waals surface area contributed by atoms with Gasteiger partial charge in [-0.25, -0.2) is 9.79 Å². The Bertz CT molecular complexity index is 874. The molecule has 4 heteroatoms. The van der Waals surface area contributed by atoms with Gasteiger partial charge in [-0.2, -0.15) is 0 Å². The third kappa shape index (κ3) is 12.4. The van der Waals surface area contributed by atoms with Crippen LogP contribution >= 0.6 is 0 Å². The van der Waals surface area contributed by atoms with E-state index in [0.29, 0.717) is 0 Å². The summed E-state index contributed by atoms with van der Waals surface area (Å²) in [6.07, 6.45) is 15.7. The number of aliphatic imine (C=N–C) groups is 1. The number of unbranched alkanes of at least 4 members (excludes halogenated alkanes) is 7. The monoisotopic (exact) mass is 477 g/mol. The van der Waals surface area contributed by atoms with Crippen LogP contribution in [0, 0.1) is 5.92 Å². The van der Waals surface area contributed by atoms with E-state index < -0.39 is 6.23 Å². The molecule has 35 heavy (non-hydrogen) atoms. The van der Waals surface area contributed by atoms with Crippen molar-refractivity contribution >= 4 is 18.3 Å². The fourth-order valence-electron chi connectivity index (χ4n) is 3.62. The molecule has 0 spiro atoms. The average molecular weight is 478 g/mol. The van der Waals surface area contributed by atoms with Gasteiger partial charge in [0.05, 0.1) is 6.61 Å². The molecule has 0 aliphatic carbocycles. The fourth-order valence-corrected chi connectivity index (χ4v) is 3.62. The number of carbonyl (C=O) groups excluding carboxylic acids is 1. The summed E-state index contributed by atoms with van der Waals surface area (Å²) in [6, 6.07) is 17.6. The zero-order chi connectivity index (χ0) is 25.1. The Labute approximate surface area is 212 Å². The molecule has 0 aliphatic heterocycles. The van der Waals surface area contributed by atoms with Crippen LogP contribution in [-0.2, 0) is 9.53 Å². The minimum absolute atomic E-state index is 0.120. The molecule has 4 nitrogen and oxygen atoms in total. The first kappa shape index (κ1) is 28.4. The van der Waals surface area contributed by atoms with Gasteiger partial charge in [0.1, 0.15) is 5.75 Å². The number of ether oxygens (including phenoxy) is 2. The summed E-state index contributed by atoms with van der Waals surface area (Å²) in [5.41, 5.74) is 1.91. The highest BCUT2D eigenvalue weighted by atomic mass is 16.6. The lowest BCUT2D eigenvalue weighted by Crippen LogP contribution is -2.22. The van der Waals surface area contributed by atoms with Crippen LogP contribution in [0.1, 0.15) is 89.7 Å². The predicted octanol–water partition coefficient (Wildman–Crippen LogP) is 8.25. The number of hydrogen-bond donors (Lipinski definition) is 0. The van der Waals surface area contributed by atoms with Crippen LogP contribution in [0.5, 0.6) is 5.75 Å². The quantitative estimate of drug-likeness (QED) is 0.0997. The van der Waals surface area contributed by atoms with E-state index in [9.17, 15) is 4.79 Å². The van der Waals surface area contributed by atoms with Crippen molar-refractivity contribution in [2.75, 3.05) is 6.61 Å². The molecular formula is C31H43NO3. The highest BCUT2D eigenvalue weighted by molar-refractivity contribution is 5.87. The van der Waals surface area contributed by atoms with Gasteiger partial charge in [0.15, 0.2) is 6.23 Å². The van der Waals surface area contributed by atoms with E-state index in [1.54, 1.807) is 12.3 Å². The van der Waals surface area contributed by atoms with Crippen LogP contribution < -0.4 is 4.74 Å². The van der Waals surface area contributed by atoms with Gasteiger partial charge in [0, 0.05) is 18.2 Å². The maximum absolute atomic E-state index is 12.3. The molecule has 0 radical (unpaired) electrons. The van der Waals surface area contributed by atoms with E-state index in [4.69, 9.17) is 9.47 Å². The number of benzene rings is 2. The molecule has 0 N–H and O–H groups in total. The van der Waals surface area contributed by atoms with Crippen molar-refractivity contribution < 1.29 is 14.3 Å².